The molecule has 0 fully saturated rings. The number of nitrogens with zero attached hydrogens (tertiary/aromatic N) is 3. The van der Waals surface area contributed by atoms with E-state index in [0.717, 1.165) is 23.3 Å². The van der Waals surface area contributed by atoms with E-state index in [-0.39, 0.29) is 20.7 Å². The molecular formula is C14H12N3O5S2-. The molecule has 8 nitrogen and oxygen atoms in total. The fraction of sp³-hybridized carbons (Fsp3) is 0.143. The van der Waals surface area contributed by atoms with Crippen LogP contribution < -0.4 is 10.2 Å². The van der Waals surface area contributed by atoms with Crippen molar-refractivity contribution in [2.24, 2.45) is 0 Å². The van der Waals surface area contributed by atoms with Crippen molar-refractivity contribution in [2.75, 3.05) is 12.1 Å². The van der Waals surface area contributed by atoms with Crippen LogP contribution in [0.15, 0.2) is 41.1 Å². The van der Waals surface area contributed by atoms with Gasteiger partial charge in [-0.1, -0.05) is 35.3 Å². The highest BCUT2D eigenvalue weighted by atomic mass is 32.2. The fourth-order valence-corrected chi connectivity index (χ4v) is 4.33. The van der Waals surface area contributed by atoms with E-state index in [1.807, 2.05) is 0 Å². The first-order chi connectivity index (χ1) is 11.2. The molecule has 126 valence electrons. The number of hydrogen-bond acceptors (Lipinski definition) is 7. The van der Waals surface area contributed by atoms with Crippen molar-refractivity contribution in [1.82, 2.24) is 9.29 Å². The van der Waals surface area contributed by atoms with Gasteiger partial charge in [-0.3, -0.25) is 14.3 Å². The van der Waals surface area contributed by atoms with E-state index >= 15 is 0 Å². The summed E-state index contributed by atoms with van der Waals surface area (Å²) in [4.78, 5) is 16.9. The molecule has 0 bridgehead atoms. The molecule has 1 aliphatic heterocycles. The Morgan fingerprint density at radius 3 is 2.67 bits per heavy atom. The number of benzene rings is 1. The summed E-state index contributed by atoms with van der Waals surface area (Å²) < 4.78 is 25.6. The summed E-state index contributed by atoms with van der Waals surface area (Å²) >= 11 is 1.03. The number of amides is 1. The molecule has 24 heavy (non-hydrogen) atoms. The molecule has 0 saturated carbocycles. The van der Waals surface area contributed by atoms with Crippen LogP contribution in [0, 0.1) is 6.92 Å². The molecule has 10 heteroatoms. The van der Waals surface area contributed by atoms with E-state index in [9.17, 15) is 23.5 Å². The van der Waals surface area contributed by atoms with Crippen LogP contribution in [0.3, 0.4) is 0 Å². The Hall–Kier alpha value is -2.43. The molecule has 2 heterocycles. The number of thiazole rings is 1. The highest BCUT2D eigenvalue weighted by Gasteiger charge is 2.36. The Balaban J connectivity index is 2.14. The number of aromatic nitrogens is 1. The summed E-state index contributed by atoms with van der Waals surface area (Å²) in [6.07, 6.45) is 1.44. The van der Waals surface area contributed by atoms with Gasteiger partial charge >= 0.3 is 5.91 Å². The molecule has 1 aromatic heterocycles. The summed E-state index contributed by atoms with van der Waals surface area (Å²) in [5.41, 5.74) is -0.772. The quantitative estimate of drug-likeness (QED) is 0.613. The van der Waals surface area contributed by atoms with Gasteiger partial charge in [0.1, 0.15) is 5.70 Å². The SMILES string of the molecule is Cc1cnc(N(O)C(=O)C2=C([O-])c3ccccc3S(=O)(=O)N2C)s1. The molecule has 0 unspecified atom stereocenters. The third kappa shape index (κ3) is 2.35. The number of aryl methyl sites for hydroxylation is 1. The van der Waals surface area contributed by atoms with Crippen molar-refractivity contribution in [3.05, 3.63) is 46.6 Å². The van der Waals surface area contributed by atoms with E-state index in [0.29, 0.717) is 4.31 Å². The molecule has 0 aliphatic carbocycles. The number of likely N-dealkylation sites (N-methyl/N-ethyl adjacent to an activating group) is 1. The Labute approximate surface area is 141 Å². The lowest BCUT2D eigenvalue weighted by molar-refractivity contribution is -0.246. The van der Waals surface area contributed by atoms with Crippen LogP contribution in [0.4, 0.5) is 5.13 Å². The minimum Gasteiger partial charge on any atom is -0.870 e. The van der Waals surface area contributed by atoms with Gasteiger partial charge in [0.15, 0.2) is 0 Å². The van der Waals surface area contributed by atoms with Crippen LogP contribution >= 0.6 is 11.3 Å². The minimum absolute atomic E-state index is 0.0533. The Morgan fingerprint density at radius 2 is 2.04 bits per heavy atom. The summed E-state index contributed by atoms with van der Waals surface area (Å²) in [5, 5.41) is 22.8. The van der Waals surface area contributed by atoms with Gasteiger partial charge in [0.05, 0.1) is 4.90 Å². The van der Waals surface area contributed by atoms with Crippen molar-refractivity contribution in [2.45, 2.75) is 11.8 Å². The average molecular weight is 366 g/mol. The van der Waals surface area contributed by atoms with E-state index in [1.54, 1.807) is 6.92 Å². The number of hydroxylamine groups is 1. The maximum absolute atomic E-state index is 12.6. The zero-order valence-electron chi connectivity index (χ0n) is 12.6. The summed E-state index contributed by atoms with van der Waals surface area (Å²) in [5.74, 6) is -1.94. The Morgan fingerprint density at radius 1 is 1.38 bits per heavy atom. The molecule has 0 atom stereocenters. The number of hydrogen-bond donors (Lipinski definition) is 1. The van der Waals surface area contributed by atoms with Crippen LogP contribution in [0.25, 0.3) is 5.76 Å². The normalized spacial score (nSPS) is 16.0. The number of anilines is 1. The summed E-state index contributed by atoms with van der Waals surface area (Å²) in [6.45, 7) is 1.73. The maximum atomic E-state index is 12.6. The second-order valence-corrected chi connectivity index (χ2v) is 8.17. The van der Waals surface area contributed by atoms with Gasteiger partial charge in [-0.05, 0) is 18.6 Å². The number of sulfonamides is 1. The van der Waals surface area contributed by atoms with Crippen LogP contribution in [0.1, 0.15) is 10.4 Å². The molecule has 2 aromatic rings. The predicted octanol–water partition coefficient (Wildman–Crippen LogP) is 0.537. The zero-order valence-corrected chi connectivity index (χ0v) is 14.3. The lowest BCUT2D eigenvalue weighted by Gasteiger charge is -2.34. The molecule has 1 aromatic carbocycles. The number of rotatable bonds is 2. The molecule has 1 amide bonds. The van der Waals surface area contributed by atoms with Crippen LogP contribution in [-0.4, -0.2) is 35.9 Å². The second kappa shape index (κ2) is 5.58. The second-order valence-electron chi connectivity index (χ2n) is 5.02. The van der Waals surface area contributed by atoms with Crippen LogP contribution in [0.2, 0.25) is 0 Å². The van der Waals surface area contributed by atoms with E-state index in [1.165, 1.54) is 30.5 Å². The van der Waals surface area contributed by atoms with Crippen molar-refractivity contribution < 1.29 is 23.5 Å². The smallest absolute Gasteiger partial charge is 0.300 e. The van der Waals surface area contributed by atoms with Crippen molar-refractivity contribution in [1.29, 1.82) is 0 Å². The summed E-state index contributed by atoms with van der Waals surface area (Å²) in [6, 6.07) is 5.60. The van der Waals surface area contributed by atoms with Gasteiger partial charge in [-0.2, -0.15) is 5.06 Å². The minimum atomic E-state index is -4.06. The summed E-state index contributed by atoms with van der Waals surface area (Å²) in [7, 11) is -2.96. The highest BCUT2D eigenvalue weighted by Crippen LogP contribution is 2.34. The number of carbonyl (C=O) groups excluding carboxylic acids is 1. The molecule has 0 saturated heterocycles. The van der Waals surface area contributed by atoms with Crippen molar-refractivity contribution >= 4 is 38.2 Å². The highest BCUT2D eigenvalue weighted by molar-refractivity contribution is 7.89. The molecule has 3 rings (SSSR count). The first-order valence-electron chi connectivity index (χ1n) is 6.70. The van der Waals surface area contributed by atoms with Crippen molar-refractivity contribution in [3.8, 4) is 0 Å². The fourth-order valence-electron chi connectivity index (χ4n) is 2.28. The topological polar surface area (TPSA) is 114 Å². The van der Waals surface area contributed by atoms with E-state index in [4.69, 9.17) is 0 Å². The van der Waals surface area contributed by atoms with Gasteiger partial charge in [-0.15, -0.1) is 0 Å². The standard InChI is InChI=1S/C14H13N3O5S2/c1-8-7-15-14(23-8)17(20)13(19)11-12(18)9-5-3-4-6-10(9)24(21,22)16(11)2/h3-7,18,20H,1-2H3/p-1. The largest absolute Gasteiger partial charge is 0.870 e. The van der Waals surface area contributed by atoms with Gasteiger partial charge in [0.2, 0.25) is 5.13 Å². The number of carbonyl (C=O) groups is 1. The average Bonchev–Trinajstić information content (AvgIpc) is 2.99. The molecular weight excluding hydrogens is 354 g/mol. The van der Waals surface area contributed by atoms with Crippen molar-refractivity contribution in [3.63, 3.8) is 0 Å². The van der Waals surface area contributed by atoms with Gasteiger partial charge in [0.25, 0.3) is 10.0 Å². The molecule has 0 radical (unpaired) electrons. The molecule has 0 spiro atoms. The molecule has 1 N–H and O–H groups in total. The lowest BCUT2D eigenvalue weighted by Crippen LogP contribution is -2.42. The first kappa shape index (κ1) is 16.4. The number of fused-ring (bicyclic) bond motifs is 1. The van der Waals surface area contributed by atoms with Crippen LogP contribution in [-0.2, 0) is 14.8 Å². The van der Waals surface area contributed by atoms with E-state index < -0.39 is 27.4 Å². The Bertz CT molecular complexity index is 964. The third-order valence-electron chi connectivity index (χ3n) is 3.49. The zero-order chi connectivity index (χ0) is 17.6. The lowest BCUT2D eigenvalue weighted by atomic mass is 10.1. The monoisotopic (exact) mass is 366 g/mol. The van der Waals surface area contributed by atoms with Gasteiger partial charge in [0, 0.05) is 18.1 Å². The van der Waals surface area contributed by atoms with E-state index in [2.05, 4.69) is 4.98 Å². The van der Waals surface area contributed by atoms with Gasteiger partial charge in [-0.25, -0.2) is 13.4 Å². The third-order valence-corrected chi connectivity index (χ3v) is 6.19. The van der Waals surface area contributed by atoms with Crippen LogP contribution in [0.5, 0.6) is 0 Å². The first-order valence-corrected chi connectivity index (χ1v) is 8.96. The molecule has 1 aliphatic rings. The maximum Gasteiger partial charge on any atom is 0.300 e. The predicted molar refractivity (Wildman–Crippen MR) is 84.4 cm³/mol. The Kier molecular flexibility index (Phi) is 3.82. The van der Waals surface area contributed by atoms with Gasteiger partial charge < -0.3 is 5.11 Å².